The highest BCUT2D eigenvalue weighted by Crippen LogP contribution is 2.48. The number of nitrogens with one attached hydrogen (secondary N) is 1. The third-order valence-corrected chi connectivity index (χ3v) is 6.26. The van der Waals surface area contributed by atoms with E-state index in [1.54, 1.807) is 12.3 Å². The van der Waals surface area contributed by atoms with Gasteiger partial charge < -0.3 is 20.5 Å². The molecule has 1 amide bonds. The number of nitrogens with two attached hydrogens (primary N) is 1. The maximum Gasteiger partial charge on any atom is 0.252 e. The number of aromatic nitrogens is 1. The highest BCUT2D eigenvalue weighted by atomic mass is 16.5. The Hall–Kier alpha value is -2.34. The monoisotopic (exact) mass is 383 g/mol. The number of hydrogen-bond donors (Lipinski definition) is 2. The Kier molecular flexibility index (Phi) is 5.15. The second kappa shape index (κ2) is 7.59. The van der Waals surface area contributed by atoms with E-state index >= 15 is 0 Å². The number of carbonyl (C=O) groups excluding carboxylic acids is 1. The van der Waals surface area contributed by atoms with Crippen LogP contribution in [0.3, 0.4) is 0 Å². The number of pyridine rings is 1. The summed E-state index contributed by atoms with van der Waals surface area (Å²) in [5.74, 6) is 1.33. The lowest BCUT2D eigenvalue weighted by Crippen LogP contribution is -2.27. The first-order valence-electron chi connectivity index (χ1n) is 10.2. The summed E-state index contributed by atoms with van der Waals surface area (Å²) in [5.41, 5.74) is 6.31. The molecular weight excluding hydrogens is 354 g/mol. The molecule has 2 aliphatic rings. The van der Waals surface area contributed by atoms with Gasteiger partial charge in [0.25, 0.3) is 5.91 Å². The molecule has 1 aliphatic carbocycles. The van der Waals surface area contributed by atoms with E-state index in [-0.39, 0.29) is 6.10 Å². The number of benzene rings is 1. The lowest BCUT2D eigenvalue weighted by atomic mass is 9.78. The second-order valence-electron chi connectivity index (χ2n) is 8.40. The number of hydrogen-bond acceptors (Lipinski definition) is 5. The van der Waals surface area contributed by atoms with Gasteiger partial charge in [-0.25, -0.2) is 4.98 Å². The van der Waals surface area contributed by atoms with Crippen molar-refractivity contribution in [3.8, 4) is 11.6 Å². The average Bonchev–Trinajstić information content (AvgIpc) is 3.21. The first kappa shape index (κ1) is 19.0. The van der Waals surface area contributed by atoms with Crippen LogP contribution in [-0.2, 0) is 0 Å². The van der Waals surface area contributed by atoms with Gasteiger partial charge in [-0.05, 0) is 74.6 Å². The molecule has 1 aromatic heterocycles. The minimum absolute atomic E-state index is 0.0649. The van der Waals surface area contributed by atoms with Crippen molar-refractivity contribution in [1.29, 1.82) is 0 Å². The van der Waals surface area contributed by atoms with Gasteiger partial charge in [0.15, 0.2) is 0 Å². The van der Waals surface area contributed by atoms with Gasteiger partial charge in [-0.3, -0.25) is 4.79 Å². The number of primary amides is 1. The van der Waals surface area contributed by atoms with Crippen LogP contribution in [-0.4, -0.2) is 36.7 Å². The van der Waals surface area contributed by atoms with E-state index in [1.165, 1.54) is 19.3 Å². The van der Waals surface area contributed by atoms with Crippen LogP contribution in [0.25, 0.3) is 10.8 Å². The molecule has 28 heavy (non-hydrogen) atoms. The third kappa shape index (κ3) is 3.53. The summed E-state index contributed by atoms with van der Waals surface area (Å²) in [6.07, 6.45) is 6.61. The predicted octanol–water partition coefficient (Wildman–Crippen LogP) is 3.28. The van der Waals surface area contributed by atoms with Crippen LogP contribution in [0.15, 0.2) is 24.4 Å². The zero-order valence-electron chi connectivity index (χ0n) is 16.7. The molecule has 1 aliphatic heterocycles. The molecule has 0 radical (unpaired) electrons. The lowest BCUT2D eigenvalue weighted by molar-refractivity contribution is 0.0994. The fourth-order valence-electron chi connectivity index (χ4n) is 4.86. The summed E-state index contributed by atoms with van der Waals surface area (Å²) in [7, 11) is 0. The summed E-state index contributed by atoms with van der Waals surface area (Å²) in [4.78, 5) is 16.3. The predicted molar refractivity (Wildman–Crippen MR) is 109 cm³/mol. The van der Waals surface area contributed by atoms with Crippen molar-refractivity contribution < 1.29 is 14.3 Å². The van der Waals surface area contributed by atoms with Gasteiger partial charge in [-0.1, -0.05) is 6.42 Å². The van der Waals surface area contributed by atoms with Crippen molar-refractivity contribution in [2.45, 2.75) is 45.6 Å². The second-order valence-corrected chi connectivity index (χ2v) is 8.40. The quantitative estimate of drug-likeness (QED) is 0.766. The Morgan fingerprint density at radius 3 is 3.07 bits per heavy atom. The molecule has 3 N–H and O–H groups in total. The molecule has 150 valence electrons. The van der Waals surface area contributed by atoms with Crippen molar-refractivity contribution in [2.24, 2.45) is 17.1 Å². The molecule has 2 fully saturated rings. The Labute approximate surface area is 165 Å². The van der Waals surface area contributed by atoms with Crippen LogP contribution in [0.2, 0.25) is 0 Å². The Morgan fingerprint density at radius 2 is 2.29 bits per heavy atom. The fraction of sp³-hybridized carbons (Fsp3) is 0.545. The van der Waals surface area contributed by atoms with E-state index in [9.17, 15) is 4.79 Å². The van der Waals surface area contributed by atoms with Crippen LogP contribution in [0.5, 0.6) is 11.6 Å². The minimum Gasteiger partial charge on any atom is -0.490 e. The summed E-state index contributed by atoms with van der Waals surface area (Å²) >= 11 is 0. The Balaban J connectivity index is 1.57. The molecule has 2 heterocycles. The van der Waals surface area contributed by atoms with Crippen LogP contribution >= 0.6 is 0 Å². The number of carbonyl (C=O) groups is 1. The number of rotatable bonds is 7. The topological polar surface area (TPSA) is 86.5 Å². The van der Waals surface area contributed by atoms with Gasteiger partial charge in [0.2, 0.25) is 5.88 Å². The number of ether oxygens (including phenoxy) is 2. The highest BCUT2D eigenvalue weighted by molar-refractivity contribution is 6.01. The van der Waals surface area contributed by atoms with Crippen molar-refractivity contribution in [1.82, 2.24) is 10.3 Å². The molecule has 6 nitrogen and oxygen atoms in total. The maximum absolute atomic E-state index is 11.8. The summed E-state index contributed by atoms with van der Waals surface area (Å²) < 4.78 is 12.0. The molecular formula is C22H29N3O3. The minimum atomic E-state index is -0.503. The molecule has 0 unspecified atom stereocenters. The summed E-state index contributed by atoms with van der Waals surface area (Å²) in [6.45, 7) is 6.71. The van der Waals surface area contributed by atoms with Gasteiger partial charge in [-0.2, -0.15) is 0 Å². The standard InChI is InChI=1S/C22H29N3O3/c1-14(2)28-19-11-17-15(10-18(19)20(23)26)5-8-25-21(17)27-9-7-22-6-3-4-16(22)12-24-13-22/h5,8,10-11,14,16,24H,3-4,6-7,9,12-13H2,1-2H3,(H2,23,26)/t16-,22-/m0/s1. The molecule has 6 heteroatoms. The van der Waals surface area contributed by atoms with Gasteiger partial charge in [0.05, 0.1) is 18.3 Å². The lowest BCUT2D eigenvalue weighted by Gasteiger charge is -2.28. The van der Waals surface area contributed by atoms with E-state index in [2.05, 4.69) is 10.3 Å². The van der Waals surface area contributed by atoms with Gasteiger partial charge >= 0.3 is 0 Å². The SMILES string of the molecule is CC(C)Oc1cc2c(OCC[C@]34CCC[C@H]3CNC4)nccc2cc1C(N)=O. The van der Waals surface area contributed by atoms with Crippen LogP contribution in [0.1, 0.15) is 49.9 Å². The molecule has 2 aromatic rings. The normalized spacial score (nSPS) is 23.9. The van der Waals surface area contributed by atoms with E-state index in [1.807, 2.05) is 26.0 Å². The molecule has 0 bridgehead atoms. The Morgan fingerprint density at radius 1 is 1.43 bits per heavy atom. The molecule has 2 atom stereocenters. The molecule has 1 saturated carbocycles. The first-order valence-corrected chi connectivity index (χ1v) is 10.2. The number of fused-ring (bicyclic) bond motifs is 2. The molecule has 4 rings (SSSR count). The van der Waals surface area contributed by atoms with Gasteiger partial charge in [0.1, 0.15) is 5.75 Å². The third-order valence-electron chi connectivity index (χ3n) is 6.26. The van der Waals surface area contributed by atoms with E-state index in [0.29, 0.717) is 29.2 Å². The van der Waals surface area contributed by atoms with E-state index in [4.69, 9.17) is 15.2 Å². The van der Waals surface area contributed by atoms with Crippen molar-refractivity contribution in [3.05, 3.63) is 30.0 Å². The fourth-order valence-corrected chi connectivity index (χ4v) is 4.86. The van der Waals surface area contributed by atoms with Crippen molar-refractivity contribution in [3.63, 3.8) is 0 Å². The zero-order chi connectivity index (χ0) is 19.7. The zero-order valence-corrected chi connectivity index (χ0v) is 16.7. The van der Waals surface area contributed by atoms with Crippen LogP contribution in [0, 0.1) is 11.3 Å². The van der Waals surface area contributed by atoms with E-state index < -0.39 is 5.91 Å². The number of nitrogens with zero attached hydrogens (tertiary/aromatic N) is 1. The number of amides is 1. The van der Waals surface area contributed by atoms with E-state index in [0.717, 1.165) is 36.2 Å². The Bertz CT molecular complexity index is 871. The highest BCUT2D eigenvalue weighted by Gasteiger charge is 2.45. The van der Waals surface area contributed by atoms with Crippen LogP contribution < -0.4 is 20.5 Å². The average molecular weight is 383 g/mol. The van der Waals surface area contributed by atoms with Crippen LogP contribution in [0.4, 0.5) is 0 Å². The summed E-state index contributed by atoms with van der Waals surface area (Å²) in [6, 6.07) is 5.45. The van der Waals surface area contributed by atoms with Gasteiger partial charge in [0, 0.05) is 18.1 Å². The first-order chi connectivity index (χ1) is 13.5. The largest absolute Gasteiger partial charge is 0.490 e. The van der Waals surface area contributed by atoms with Crippen molar-refractivity contribution >= 4 is 16.7 Å². The van der Waals surface area contributed by atoms with Gasteiger partial charge in [-0.15, -0.1) is 0 Å². The molecule has 0 spiro atoms. The smallest absolute Gasteiger partial charge is 0.252 e. The molecule has 1 aromatic carbocycles. The summed E-state index contributed by atoms with van der Waals surface area (Å²) in [5, 5.41) is 5.27. The molecule has 1 saturated heterocycles. The van der Waals surface area contributed by atoms with Crippen molar-refractivity contribution in [2.75, 3.05) is 19.7 Å². The maximum atomic E-state index is 11.8.